The number of hydrogen-bond donors (Lipinski definition) is 3. The number of carbonyl (C=O) groups excluding carboxylic acids is 1. The van der Waals surface area contributed by atoms with Crippen LogP contribution in [0, 0.1) is 0 Å². The SMILES string of the molecule is COc1ncc(-c2cnc(NC(=O)NCC(C)(C)O)cn2)cn1. The number of aliphatic hydroxyl groups is 1. The van der Waals surface area contributed by atoms with Crippen molar-refractivity contribution in [2.24, 2.45) is 0 Å². The van der Waals surface area contributed by atoms with E-state index < -0.39 is 11.6 Å². The number of aromatic nitrogens is 4. The summed E-state index contributed by atoms with van der Waals surface area (Å²) < 4.78 is 4.88. The zero-order valence-corrected chi connectivity index (χ0v) is 13.1. The van der Waals surface area contributed by atoms with Crippen molar-refractivity contribution in [3.8, 4) is 17.3 Å². The molecule has 0 fully saturated rings. The molecule has 9 heteroatoms. The van der Waals surface area contributed by atoms with Crippen molar-refractivity contribution in [2.45, 2.75) is 19.4 Å². The molecule has 2 heterocycles. The van der Waals surface area contributed by atoms with Crippen LogP contribution < -0.4 is 15.4 Å². The molecular weight excluding hydrogens is 300 g/mol. The van der Waals surface area contributed by atoms with Gasteiger partial charge in [-0.15, -0.1) is 0 Å². The van der Waals surface area contributed by atoms with E-state index in [0.717, 1.165) is 0 Å². The maximum Gasteiger partial charge on any atom is 0.320 e. The Morgan fingerprint density at radius 2 is 1.87 bits per heavy atom. The first kappa shape index (κ1) is 16.6. The minimum absolute atomic E-state index is 0.119. The van der Waals surface area contributed by atoms with Gasteiger partial charge in [-0.2, -0.15) is 0 Å². The van der Waals surface area contributed by atoms with Gasteiger partial charge < -0.3 is 15.2 Å². The normalized spacial score (nSPS) is 11.0. The first-order valence-corrected chi connectivity index (χ1v) is 6.83. The molecule has 0 aromatic carbocycles. The average molecular weight is 318 g/mol. The molecule has 2 rings (SSSR count). The summed E-state index contributed by atoms with van der Waals surface area (Å²) in [5.41, 5.74) is 0.257. The van der Waals surface area contributed by atoms with E-state index in [-0.39, 0.29) is 18.4 Å². The Morgan fingerprint density at radius 3 is 2.39 bits per heavy atom. The van der Waals surface area contributed by atoms with Gasteiger partial charge in [0.25, 0.3) is 0 Å². The molecule has 2 aromatic heterocycles. The van der Waals surface area contributed by atoms with Crippen LogP contribution in [0.25, 0.3) is 11.3 Å². The Labute approximate surface area is 133 Å². The summed E-state index contributed by atoms with van der Waals surface area (Å²) >= 11 is 0. The molecule has 122 valence electrons. The van der Waals surface area contributed by atoms with Crippen LogP contribution in [-0.2, 0) is 0 Å². The lowest BCUT2D eigenvalue weighted by Gasteiger charge is -2.17. The second-order valence-electron chi connectivity index (χ2n) is 5.37. The number of carbonyl (C=O) groups is 1. The summed E-state index contributed by atoms with van der Waals surface area (Å²) in [4.78, 5) is 27.9. The van der Waals surface area contributed by atoms with Gasteiger partial charge in [0.05, 0.1) is 30.8 Å². The number of nitrogens with one attached hydrogen (secondary N) is 2. The minimum Gasteiger partial charge on any atom is -0.467 e. The highest BCUT2D eigenvalue weighted by molar-refractivity contribution is 5.88. The van der Waals surface area contributed by atoms with Crippen LogP contribution >= 0.6 is 0 Å². The lowest BCUT2D eigenvalue weighted by Crippen LogP contribution is -2.40. The second-order valence-corrected chi connectivity index (χ2v) is 5.37. The van der Waals surface area contributed by atoms with Gasteiger partial charge >= 0.3 is 12.0 Å². The molecule has 23 heavy (non-hydrogen) atoms. The highest BCUT2D eigenvalue weighted by Crippen LogP contribution is 2.15. The van der Waals surface area contributed by atoms with Crippen molar-refractivity contribution in [1.82, 2.24) is 25.3 Å². The lowest BCUT2D eigenvalue weighted by molar-refractivity contribution is 0.0826. The van der Waals surface area contributed by atoms with E-state index >= 15 is 0 Å². The summed E-state index contributed by atoms with van der Waals surface area (Å²) in [6.07, 6.45) is 6.05. The number of amides is 2. The summed E-state index contributed by atoms with van der Waals surface area (Å²) in [6.45, 7) is 3.31. The maximum atomic E-state index is 11.6. The average Bonchev–Trinajstić information content (AvgIpc) is 2.53. The van der Waals surface area contributed by atoms with Crippen molar-refractivity contribution in [3.05, 3.63) is 24.8 Å². The standard InChI is InChI=1S/C14H18N6O3/c1-14(2,22)8-19-12(21)20-11-7-15-10(6-16-11)9-4-17-13(23-3)18-5-9/h4-7,22H,8H2,1-3H3,(H2,16,19,20,21). The van der Waals surface area contributed by atoms with E-state index in [1.807, 2.05) is 0 Å². The molecule has 0 aliphatic heterocycles. The molecule has 0 saturated carbocycles. The van der Waals surface area contributed by atoms with Crippen LogP contribution in [0.5, 0.6) is 6.01 Å². The summed E-state index contributed by atoms with van der Waals surface area (Å²) in [6, 6.07) is -0.203. The fourth-order valence-electron chi connectivity index (χ4n) is 1.55. The van der Waals surface area contributed by atoms with E-state index in [9.17, 15) is 9.90 Å². The van der Waals surface area contributed by atoms with E-state index in [0.29, 0.717) is 11.3 Å². The molecule has 0 aliphatic carbocycles. The molecule has 0 radical (unpaired) electrons. The third-order valence-electron chi connectivity index (χ3n) is 2.68. The van der Waals surface area contributed by atoms with Crippen molar-refractivity contribution in [1.29, 1.82) is 0 Å². The zero-order chi connectivity index (χ0) is 16.9. The van der Waals surface area contributed by atoms with Crippen LogP contribution in [0.3, 0.4) is 0 Å². The van der Waals surface area contributed by atoms with Gasteiger partial charge in [-0.25, -0.2) is 19.7 Å². The first-order chi connectivity index (χ1) is 10.9. The maximum absolute atomic E-state index is 11.6. The Morgan fingerprint density at radius 1 is 1.17 bits per heavy atom. The van der Waals surface area contributed by atoms with E-state index in [2.05, 4.69) is 30.6 Å². The lowest BCUT2D eigenvalue weighted by atomic mass is 10.1. The van der Waals surface area contributed by atoms with Gasteiger partial charge in [-0.1, -0.05) is 0 Å². The molecule has 0 aliphatic rings. The third-order valence-corrected chi connectivity index (χ3v) is 2.68. The van der Waals surface area contributed by atoms with Crippen LogP contribution in [-0.4, -0.2) is 50.3 Å². The molecule has 9 nitrogen and oxygen atoms in total. The molecular formula is C14H18N6O3. The van der Waals surface area contributed by atoms with Crippen LogP contribution in [0.1, 0.15) is 13.8 Å². The van der Waals surface area contributed by atoms with Gasteiger partial charge in [0.1, 0.15) is 0 Å². The predicted molar refractivity (Wildman–Crippen MR) is 82.9 cm³/mol. The Bertz CT molecular complexity index is 652. The Hall–Kier alpha value is -2.81. The van der Waals surface area contributed by atoms with Crippen LogP contribution in [0.2, 0.25) is 0 Å². The molecule has 3 N–H and O–H groups in total. The molecule has 0 unspecified atom stereocenters. The van der Waals surface area contributed by atoms with Gasteiger partial charge in [0.15, 0.2) is 5.82 Å². The Balaban J connectivity index is 1.97. The topological polar surface area (TPSA) is 122 Å². The number of ether oxygens (including phenoxy) is 1. The molecule has 2 amide bonds. The van der Waals surface area contributed by atoms with Crippen LogP contribution in [0.4, 0.5) is 10.6 Å². The first-order valence-electron chi connectivity index (χ1n) is 6.83. The number of urea groups is 1. The summed E-state index contributed by atoms with van der Waals surface area (Å²) in [5, 5.41) is 14.6. The predicted octanol–water partition coefficient (Wildman–Crippen LogP) is 0.835. The van der Waals surface area contributed by atoms with Crippen molar-refractivity contribution in [2.75, 3.05) is 19.0 Å². The summed E-state index contributed by atoms with van der Waals surface area (Å²) in [5.74, 6) is 0.288. The minimum atomic E-state index is -0.985. The highest BCUT2D eigenvalue weighted by atomic mass is 16.5. The van der Waals surface area contributed by atoms with E-state index in [1.54, 1.807) is 26.2 Å². The zero-order valence-electron chi connectivity index (χ0n) is 13.1. The number of hydrogen-bond acceptors (Lipinski definition) is 7. The number of nitrogens with zero attached hydrogens (tertiary/aromatic N) is 4. The number of methoxy groups -OCH3 is 1. The number of anilines is 1. The number of rotatable bonds is 5. The quantitative estimate of drug-likeness (QED) is 0.746. The van der Waals surface area contributed by atoms with Crippen molar-refractivity contribution >= 4 is 11.8 Å². The van der Waals surface area contributed by atoms with Gasteiger partial charge in [-0.3, -0.25) is 10.3 Å². The second kappa shape index (κ2) is 6.97. The van der Waals surface area contributed by atoms with Gasteiger partial charge in [0, 0.05) is 24.5 Å². The molecule has 0 saturated heterocycles. The van der Waals surface area contributed by atoms with Crippen LogP contribution in [0.15, 0.2) is 24.8 Å². The smallest absolute Gasteiger partial charge is 0.320 e. The molecule has 0 bridgehead atoms. The molecule has 0 atom stereocenters. The van der Waals surface area contributed by atoms with Crippen molar-refractivity contribution < 1.29 is 14.6 Å². The molecule has 2 aromatic rings. The fraction of sp³-hybridized carbons (Fsp3) is 0.357. The van der Waals surface area contributed by atoms with Gasteiger partial charge in [-0.05, 0) is 13.8 Å². The fourth-order valence-corrected chi connectivity index (χ4v) is 1.55. The monoisotopic (exact) mass is 318 g/mol. The largest absolute Gasteiger partial charge is 0.467 e. The highest BCUT2D eigenvalue weighted by Gasteiger charge is 2.14. The van der Waals surface area contributed by atoms with E-state index in [4.69, 9.17) is 4.74 Å². The van der Waals surface area contributed by atoms with Crippen molar-refractivity contribution in [3.63, 3.8) is 0 Å². The van der Waals surface area contributed by atoms with E-state index in [1.165, 1.54) is 19.5 Å². The molecule has 0 spiro atoms. The van der Waals surface area contributed by atoms with Gasteiger partial charge in [0.2, 0.25) is 0 Å². The third kappa shape index (κ3) is 5.15. The summed E-state index contributed by atoms with van der Waals surface area (Å²) in [7, 11) is 1.48. The Kier molecular flexibility index (Phi) is 5.02.